The lowest BCUT2D eigenvalue weighted by molar-refractivity contribution is -0.136. The number of carbonyl (C=O) groups is 1. The molecule has 0 atom stereocenters. The molecule has 0 unspecified atom stereocenters. The SMILES string of the molecule is CCCNc1c(C(F)(F)F)csc1C(=O)O. The summed E-state index contributed by atoms with van der Waals surface area (Å²) >= 11 is 0.580. The summed E-state index contributed by atoms with van der Waals surface area (Å²) in [5, 5.41) is 12.1. The number of rotatable bonds is 4. The molecule has 0 saturated carbocycles. The van der Waals surface area contributed by atoms with Crippen molar-refractivity contribution in [2.75, 3.05) is 11.9 Å². The molecule has 1 aromatic heterocycles. The average Bonchev–Trinajstić information content (AvgIpc) is 2.57. The Labute approximate surface area is 93.9 Å². The molecule has 3 nitrogen and oxygen atoms in total. The summed E-state index contributed by atoms with van der Waals surface area (Å²) in [4.78, 5) is 10.4. The number of carboxylic acids is 1. The van der Waals surface area contributed by atoms with Crippen molar-refractivity contribution in [1.82, 2.24) is 0 Å². The lowest BCUT2D eigenvalue weighted by Gasteiger charge is -2.10. The molecular weight excluding hydrogens is 243 g/mol. The maximum absolute atomic E-state index is 12.5. The van der Waals surface area contributed by atoms with Gasteiger partial charge in [-0.15, -0.1) is 11.3 Å². The number of aromatic carboxylic acids is 1. The van der Waals surface area contributed by atoms with E-state index >= 15 is 0 Å². The fraction of sp³-hybridized carbons (Fsp3) is 0.444. The Morgan fingerprint density at radius 3 is 2.62 bits per heavy atom. The highest BCUT2D eigenvalue weighted by Crippen LogP contribution is 2.40. The molecule has 0 saturated heterocycles. The Bertz CT molecular complexity index is 387. The topological polar surface area (TPSA) is 49.3 Å². The van der Waals surface area contributed by atoms with Gasteiger partial charge in [0.15, 0.2) is 0 Å². The van der Waals surface area contributed by atoms with Gasteiger partial charge in [0.25, 0.3) is 0 Å². The zero-order valence-corrected chi connectivity index (χ0v) is 9.21. The van der Waals surface area contributed by atoms with Crippen molar-refractivity contribution in [2.45, 2.75) is 19.5 Å². The molecule has 0 radical (unpaired) electrons. The van der Waals surface area contributed by atoms with E-state index in [1.54, 1.807) is 6.92 Å². The van der Waals surface area contributed by atoms with Gasteiger partial charge in [-0.05, 0) is 6.42 Å². The van der Waals surface area contributed by atoms with E-state index in [-0.39, 0.29) is 10.6 Å². The summed E-state index contributed by atoms with van der Waals surface area (Å²) in [6.45, 7) is 2.09. The highest BCUT2D eigenvalue weighted by atomic mass is 32.1. The summed E-state index contributed by atoms with van der Waals surface area (Å²) in [5.74, 6) is -1.35. The van der Waals surface area contributed by atoms with Crippen molar-refractivity contribution >= 4 is 23.0 Å². The molecule has 0 bridgehead atoms. The molecular formula is C9H10F3NO2S. The number of anilines is 1. The van der Waals surface area contributed by atoms with Gasteiger partial charge in [0, 0.05) is 11.9 Å². The van der Waals surface area contributed by atoms with Crippen molar-refractivity contribution in [3.63, 3.8) is 0 Å². The smallest absolute Gasteiger partial charge is 0.419 e. The lowest BCUT2D eigenvalue weighted by atomic mass is 10.2. The van der Waals surface area contributed by atoms with Gasteiger partial charge in [0.05, 0.1) is 11.3 Å². The van der Waals surface area contributed by atoms with Crippen molar-refractivity contribution < 1.29 is 23.1 Å². The summed E-state index contributed by atoms with van der Waals surface area (Å²) in [6.07, 6.45) is -3.91. The minimum Gasteiger partial charge on any atom is -0.477 e. The van der Waals surface area contributed by atoms with Crippen LogP contribution in [0.4, 0.5) is 18.9 Å². The third-order valence-corrected chi connectivity index (χ3v) is 2.81. The Morgan fingerprint density at radius 1 is 1.56 bits per heavy atom. The minimum atomic E-state index is -4.53. The molecule has 0 spiro atoms. The van der Waals surface area contributed by atoms with E-state index in [1.165, 1.54) is 0 Å². The van der Waals surface area contributed by atoms with E-state index in [2.05, 4.69) is 5.32 Å². The maximum Gasteiger partial charge on any atom is 0.419 e. The third-order valence-electron chi connectivity index (χ3n) is 1.84. The Hall–Kier alpha value is -1.24. The monoisotopic (exact) mass is 253 g/mol. The number of nitrogens with one attached hydrogen (secondary N) is 1. The fourth-order valence-corrected chi connectivity index (χ4v) is 2.04. The zero-order valence-electron chi connectivity index (χ0n) is 8.39. The Balaban J connectivity index is 3.14. The van der Waals surface area contributed by atoms with Gasteiger partial charge in [0.1, 0.15) is 4.88 Å². The molecule has 0 aliphatic heterocycles. The van der Waals surface area contributed by atoms with Crippen LogP contribution < -0.4 is 5.32 Å². The minimum absolute atomic E-state index is 0.305. The molecule has 1 aromatic rings. The second-order valence-electron chi connectivity index (χ2n) is 3.08. The fourth-order valence-electron chi connectivity index (χ4n) is 1.15. The maximum atomic E-state index is 12.5. The summed E-state index contributed by atoms with van der Waals surface area (Å²) in [5.41, 5.74) is -1.24. The van der Waals surface area contributed by atoms with Gasteiger partial charge in [-0.25, -0.2) is 4.79 Å². The molecule has 1 heterocycles. The quantitative estimate of drug-likeness (QED) is 0.865. The molecule has 0 aromatic carbocycles. The van der Waals surface area contributed by atoms with E-state index in [0.29, 0.717) is 24.3 Å². The molecule has 16 heavy (non-hydrogen) atoms. The molecule has 7 heteroatoms. The average molecular weight is 253 g/mol. The van der Waals surface area contributed by atoms with E-state index in [4.69, 9.17) is 5.11 Å². The number of thiophene rings is 1. The number of carboxylic acid groups (broad SMARTS) is 1. The Morgan fingerprint density at radius 2 is 2.19 bits per heavy atom. The van der Waals surface area contributed by atoms with E-state index < -0.39 is 17.7 Å². The third kappa shape index (κ3) is 2.66. The van der Waals surface area contributed by atoms with Crippen LogP contribution in [0.3, 0.4) is 0 Å². The molecule has 0 aliphatic rings. The molecule has 0 fully saturated rings. The highest BCUT2D eigenvalue weighted by molar-refractivity contribution is 7.12. The number of alkyl halides is 3. The van der Waals surface area contributed by atoms with Crippen LogP contribution in [-0.4, -0.2) is 17.6 Å². The second kappa shape index (κ2) is 4.73. The number of hydrogen-bond acceptors (Lipinski definition) is 3. The van der Waals surface area contributed by atoms with Crippen LogP contribution >= 0.6 is 11.3 Å². The van der Waals surface area contributed by atoms with Gasteiger partial charge < -0.3 is 10.4 Å². The van der Waals surface area contributed by atoms with Crippen LogP contribution in [0.1, 0.15) is 28.6 Å². The van der Waals surface area contributed by atoms with Crippen molar-refractivity contribution in [1.29, 1.82) is 0 Å². The molecule has 90 valence electrons. The zero-order chi connectivity index (χ0) is 12.3. The van der Waals surface area contributed by atoms with E-state index in [0.717, 1.165) is 5.38 Å². The number of halogens is 3. The first-order chi connectivity index (χ1) is 7.38. The van der Waals surface area contributed by atoms with Crippen LogP contribution in [0, 0.1) is 0 Å². The van der Waals surface area contributed by atoms with Crippen molar-refractivity contribution in [2.24, 2.45) is 0 Å². The predicted octanol–water partition coefficient (Wildman–Crippen LogP) is 3.29. The van der Waals surface area contributed by atoms with Crippen LogP contribution in [0.5, 0.6) is 0 Å². The summed E-state index contributed by atoms with van der Waals surface area (Å²) in [7, 11) is 0. The number of hydrogen-bond donors (Lipinski definition) is 2. The Kier molecular flexibility index (Phi) is 3.79. The summed E-state index contributed by atoms with van der Waals surface area (Å²) < 4.78 is 37.6. The first kappa shape index (κ1) is 12.8. The molecule has 2 N–H and O–H groups in total. The van der Waals surface area contributed by atoms with E-state index in [1.807, 2.05) is 0 Å². The first-order valence-corrected chi connectivity index (χ1v) is 5.41. The highest BCUT2D eigenvalue weighted by Gasteiger charge is 2.36. The second-order valence-corrected chi connectivity index (χ2v) is 3.96. The molecule has 1 rings (SSSR count). The van der Waals surface area contributed by atoms with Gasteiger partial charge in [-0.3, -0.25) is 0 Å². The van der Waals surface area contributed by atoms with E-state index in [9.17, 15) is 18.0 Å². The normalized spacial score (nSPS) is 11.5. The molecule has 0 aliphatic carbocycles. The van der Waals surface area contributed by atoms with Crippen molar-refractivity contribution in [3.8, 4) is 0 Å². The predicted molar refractivity (Wildman–Crippen MR) is 55.1 cm³/mol. The lowest BCUT2D eigenvalue weighted by Crippen LogP contribution is -2.11. The standard InChI is InChI=1S/C9H10F3NO2S/c1-2-3-13-6-5(9(10,11)12)4-16-7(6)8(14)15/h4,13H,2-3H2,1H3,(H,14,15). The van der Waals surface area contributed by atoms with Crippen molar-refractivity contribution in [3.05, 3.63) is 15.8 Å². The van der Waals surface area contributed by atoms with Gasteiger partial charge >= 0.3 is 12.1 Å². The summed E-state index contributed by atoms with van der Waals surface area (Å²) in [6, 6.07) is 0. The van der Waals surface area contributed by atoms with Crippen LogP contribution in [0.2, 0.25) is 0 Å². The molecule has 0 amide bonds. The van der Waals surface area contributed by atoms with Gasteiger partial charge in [0.2, 0.25) is 0 Å². The van der Waals surface area contributed by atoms with Gasteiger partial charge in [-0.1, -0.05) is 6.92 Å². The first-order valence-electron chi connectivity index (χ1n) is 4.53. The van der Waals surface area contributed by atoms with Crippen LogP contribution in [0.15, 0.2) is 5.38 Å². The van der Waals surface area contributed by atoms with Crippen LogP contribution in [0.25, 0.3) is 0 Å². The largest absolute Gasteiger partial charge is 0.477 e. The van der Waals surface area contributed by atoms with Crippen LogP contribution in [-0.2, 0) is 6.18 Å². The van der Waals surface area contributed by atoms with Gasteiger partial charge in [-0.2, -0.15) is 13.2 Å².